The Morgan fingerprint density at radius 1 is 1.44 bits per heavy atom. The van der Waals surface area contributed by atoms with Gasteiger partial charge in [-0.1, -0.05) is 36.4 Å². The molecule has 0 bridgehead atoms. The summed E-state index contributed by atoms with van der Waals surface area (Å²) in [5.74, 6) is 1.35. The van der Waals surface area contributed by atoms with Crippen LogP contribution in [0, 0.1) is 5.92 Å². The minimum atomic E-state index is -0.988. The topological polar surface area (TPSA) is 61.4 Å². The maximum absolute atomic E-state index is 10.7. The molecule has 1 aromatic rings. The molecule has 2 aliphatic rings. The highest BCUT2D eigenvalue weighted by atomic mass is 32.2. The molecule has 94 valence electrons. The van der Waals surface area contributed by atoms with Crippen molar-refractivity contribution in [3.05, 3.63) is 41.5 Å². The smallest absolute Gasteiger partial charge is 0.406 e. The van der Waals surface area contributed by atoms with Gasteiger partial charge in [0.2, 0.25) is 0 Å². The molecule has 1 amide bonds. The van der Waals surface area contributed by atoms with E-state index in [1.165, 1.54) is 11.1 Å². The van der Waals surface area contributed by atoms with Crippen molar-refractivity contribution < 1.29 is 9.90 Å². The summed E-state index contributed by atoms with van der Waals surface area (Å²) in [5, 5.41) is 14.6. The van der Waals surface area contributed by atoms with E-state index in [1.807, 2.05) is 12.1 Å². The molecule has 3 atom stereocenters. The Hall–Kier alpha value is -1.46. The summed E-state index contributed by atoms with van der Waals surface area (Å²) in [6.07, 6.45) is 3.38. The second-order valence-electron chi connectivity index (χ2n) is 4.46. The van der Waals surface area contributed by atoms with Crippen molar-refractivity contribution in [2.75, 3.05) is 5.75 Å². The van der Waals surface area contributed by atoms with Crippen molar-refractivity contribution in [1.82, 2.24) is 10.6 Å². The van der Waals surface area contributed by atoms with Crippen LogP contribution in [0.2, 0.25) is 0 Å². The highest BCUT2D eigenvalue weighted by Gasteiger charge is 2.33. The molecule has 1 aliphatic heterocycles. The fourth-order valence-corrected chi connectivity index (χ4v) is 3.64. The van der Waals surface area contributed by atoms with Gasteiger partial charge in [0.05, 0.1) is 0 Å². The lowest BCUT2D eigenvalue weighted by Crippen LogP contribution is -2.50. The molecule has 1 aromatic carbocycles. The summed E-state index contributed by atoms with van der Waals surface area (Å²) < 4.78 is 0. The van der Waals surface area contributed by atoms with Crippen molar-refractivity contribution in [2.45, 2.75) is 11.5 Å². The lowest BCUT2D eigenvalue weighted by atomic mass is 9.85. The molecule has 3 unspecified atom stereocenters. The molecule has 1 heterocycles. The first-order valence-corrected chi connectivity index (χ1v) is 6.93. The molecule has 5 heteroatoms. The van der Waals surface area contributed by atoms with Crippen LogP contribution in [0.5, 0.6) is 0 Å². The monoisotopic (exact) mass is 262 g/mol. The largest absolute Gasteiger partial charge is 0.465 e. The minimum Gasteiger partial charge on any atom is -0.465 e. The van der Waals surface area contributed by atoms with Gasteiger partial charge in [-0.25, -0.2) is 4.79 Å². The average molecular weight is 262 g/mol. The van der Waals surface area contributed by atoms with Gasteiger partial charge in [-0.3, -0.25) is 10.6 Å². The van der Waals surface area contributed by atoms with Gasteiger partial charge in [0.25, 0.3) is 0 Å². The van der Waals surface area contributed by atoms with Gasteiger partial charge in [0.15, 0.2) is 0 Å². The third-order valence-corrected chi connectivity index (χ3v) is 4.49. The van der Waals surface area contributed by atoms with E-state index in [1.54, 1.807) is 11.8 Å². The summed E-state index contributed by atoms with van der Waals surface area (Å²) in [6, 6.07) is 8.44. The van der Waals surface area contributed by atoms with E-state index in [-0.39, 0.29) is 11.5 Å². The lowest BCUT2D eigenvalue weighted by Gasteiger charge is -2.38. The quantitative estimate of drug-likeness (QED) is 0.726. The number of thioether (sulfide) groups is 1. The standard InChI is InChI=1S/C13H14N2O2S/c16-13(17)15-12-14-11-9(7-18-12)6-5-8-3-1-2-4-10(8)11/h1-6,9,11-12,14-15H,7H2,(H,16,17). The van der Waals surface area contributed by atoms with E-state index in [9.17, 15) is 4.79 Å². The van der Waals surface area contributed by atoms with Crippen LogP contribution in [0.25, 0.3) is 6.08 Å². The van der Waals surface area contributed by atoms with Crippen molar-refractivity contribution in [3.8, 4) is 0 Å². The molecular formula is C13H14N2O2S. The van der Waals surface area contributed by atoms with Crippen LogP contribution in [0.15, 0.2) is 30.3 Å². The first-order chi connectivity index (χ1) is 8.74. The Bertz CT molecular complexity index is 504. The van der Waals surface area contributed by atoms with Crippen LogP contribution in [-0.2, 0) is 0 Å². The van der Waals surface area contributed by atoms with Crippen LogP contribution in [0.4, 0.5) is 4.79 Å². The Balaban J connectivity index is 1.84. The van der Waals surface area contributed by atoms with E-state index in [4.69, 9.17) is 5.11 Å². The fourth-order valence-electron chi connectivity index (χ4n) is 2.49. The zero-order valence-electron chi connectivity index (χ0n) is 9.67. The third kappa shape index (κ3) is 2.11. The summed E-state index contributed by atoms with van der Waals surface area (Å²) in [4.78, 5) is 10.7. The molecule has 18 heavy (non-hydrogen) atoms. The van der Waals surface area contributed by atoms with Crippen LogP contribution in [0.3, 0.4) is 0 Å². The molecular weight excluding hydrogens is 248 g/mol. The average Bonchev–Trinajstić information content (AvgIpc) is 2.38. The molecule has 3 N–H and O–H groups in total. The number of hydrogen-bond acceptors (Lipinski definition) is 3. The van der Waals surface area contributed by atoms with Crippen molar-refractivity contribution in [3.63, 3.8) is 0 Å². The molecule has 4 nitrogen and oxygen atoms in total. The molecule has 0 radical (unpaired) electrons. The molecule has 1 saturated heterocycles. The van der Waals surface area contributed by atoms with Crippen LogP contribution in [0.1, 0.15) is 17.2 Å². The number of benzene rings is 1. The van der Waals surface area contributed by atoms with E-state index >= 15 is 0 Å². The zero-order valence-corrected chi connectivity index (χ0v) is 10.5. The number of rotatable bonds is 1. The van der Waals surface area contributed by atoms with Crippen molar-refractivity contribution in [1.29, 1.82) is 0 Å². The summed E-state index contributed by atoms with van der Waals surface area (Å²) in [5.41, 5.74) is 2.23. The van der Waals surface area contributed by atoms with Gasteiger partial charge in [-0.15, -0.1) is 11.8 Å². The van der Waals surface area contributed by atoms with Gasteiger partial charge in [-0.05, 0) is 11.1 Å². The zero-order chi connectivity index (χ0) is 12.5. The van der Waals surface area contributed by atoms with Crippen LogP contribution >= 0.6 is 11.8 Å². The lowest BCUT2D eigenvalue weighted by molar-refractivity contribution is 0.190. The van der Waals surface area contributed by atoms with Gasteiger partial charge in [0, 0.05) is 17.7 Å². The Kier molecular flexibility index (Phi) is 3.01. The molecule has 0 saturated carbocycles. The van der Waals surface area contributed by atoms with E-state index in [0.717, 1.165) is 5.75 Å². The second-order valence-corrected chi connectivity index (χ2v) is 5.60. The number of carboxylic acid groups (broad SMARTS) is 1. The predicted molar refractivity (Wildman–Crippen MR) is 72.2 cm³/mol. The Morgan fingerprint density at radius 2 is 2.28 bits per heavy atom. The van der Waals surface area contributed by atoms with E-state index in [0.29, 0.717) is 5.92 Å². The molecule has 3 rings (SSSR count). The number of hydrogen-bond donors (Lipinski definition) is 3. The van der Waals surface area contributed by atoms with Crippen LogP contribution in [-0.4, -0.2) is 22.5 Å². The fraction of sp³-hybridized carbons (Fsp3) is 0.308. The van der Waals surface area contributed by atoms with Gasteiger partial charge >= 0.3 is 6.09 Å². The summed E-state index contributed by atoms with van der Waals surface area (Å²) in [7, 11) is 0. The maximum atomic E-state index is 10.7. The van der Waals surface area contributed by atoms with Gasteiger partial charge < -0.3 is 5.11 Å². The Morgan fingerprint density at radius 3 is 3.11 bits per heavy atom. The molecule has 1 fully saturated rings. The molecule has 0 spiro atoms. The normalized spacial score (nSPS) is 29.2. The summed E-state index contributed by atoms with van der Waals surface area (Å²) in [6.45, 7) is 0. The van der Waals surface area contributed by atoms with E-state index in [2.05, 4.69) is 34.9 Å². The highest BCUT2D eigenvalue weighted by Crippen LogP contribution is 2.38. The minimum absolute atomic E-state index is 0.198. The van der Waals surface area contributed by atoms with Gasteiger partial charge in [-0.2, -0.15) is 0 Å². The third-order valence-electron chi connectivity index (χ3n) is 3.32. The van der Waals surface area contributed by atoms with Crippen molar-refractivity contribution >= 4 is 23.9 Å². The first kappa shape index (κ1) is 11.6. The Labute approximate surface area is 109 Å². The van der Waals surface area contributed by atoms with Crippen molar-refractivity contribution in [2.24, 2.45) is 5.92 Å². The summed E-state index contributed by atoms with van der Waals surface area (Å²) >= 11 is 1.60. The number of nitrogens with one attached hydrogen (secondary N) is 2. The molecule has 0 aromatic heterocycles. The first-order valence-electron chi connectivity index (χ1n) is 5.88. The number of fused-ring (bicyclic) bond motifs is 3. The van der Waals surface area contributed by atoms with E-state index < -0.39 is 6.09 Å². The predicted octanol–water partition coefficient (Wildman–Crippen LogP) is 2.26. The van der Waals surface area contributed by atoms with Gasteiger partial charge in [0.1, 0.15) is 5.50 Å². The number of amides is 1. The maximum Gasteiger partial charge on any atom is 0.406 e. The highest BCUT2D eigenvalue weighted by molar-refractivity contribution is 7.99. The number of carbonyl (C=O) groups is 1. The van der Waals surface area contributed by atoms with Crippen LogP contribution < -0.4 is 10.6 Å². The SMILES string of the molecule is O=C(O)NC1NC2c3ccccc3C=CC2CS1. The second kappa shape index (κ2) is 4.66. The molecule has 1 aliphatic carbocycles.